The first kappa shape index (κ1) is 29.1. The van der Waals surface area contributed by atoms with Crippen LogP contribution >= 0.6 is 0 Å². The lowest BCUT2D eigenvalue weighted by Gasteiger charge is -2.33. The molecular weight excluding hydrogens is 487 g/mol. The quantitative estimate of drug-likeness (QED) is 0.408. The van der Waals surface area contributed by atoms with Crippen LogP contribution in [-0.4, -0.2) is 69.8 Å². The first-order chi connectivity index (χ1) is 17.0. The normalized spacial score (nSPS) is 12.2. The maximum absolute atomic E-state index is 14.6. The van der Waals surface area contributed by atoms with E-state index in [2.05, 4.69) is 5.32 Å². The number of amides is 2. The van der Waals surface area contributed by atoms with Crippen LogP contribution in [0, 0.1) is 5.82 Å². The van der Waals surface area contributed by atoms with Crippen LogP contribution in [-0.2, 0) is 26.3 Å². The molecule has 0 bridgehead atoms. The second kappa shape index (κ2) is 13.2. The second-order valence-electron chi connectivity index (χ2n) is 8.44. The van der Waals surface area contributed by atoms with Crippen molar-refractivity contribution in [3.8, 4) is 5.75 Å². The van der Waals surface area contributed by atoms with Gasteiger partial charge in [0.05, 0.1) is 12.8 Å². The van der Waals surface area contributed by atoms with Gasteiger partial charge in [-0.1, -0.05) is 37.6 Å². The lowest BCUT2D eigenvalue weighted by Crippen LogP contribution is -2.52. The third-order valence-corrected chi connectivity index (χ3v) is 7.45. The molecule has 0 fully saturated rings. The summed E-state index contributed by atoms with van der Waals surface area (Å²) in [5.41, 5.74) is 0.453. The number of ether oxygens (including phenoxy) is 1. The smallest absolute Gasteiger partial charge is 0.304 e. The van der Waals surface area contributed by atoms with Crippen LogP contribution < -0.4 is 14.4 Å². The highest BCUT2D eigenvalue weighted by Crippen LogP contribution is 2.24. The SMILES string of the molecule is CCCCNC(=O)[C@H](C)N(Cc1ccc(OC)cc1)C(=O)CN(c1ccccc1F)S(=O)(=O)N(C)C. The molecule has 36 heavy (non-hydrogen) atoms. The van der Waals surface area contributed by atoms with Crippen molar-refractivity contribution >= 4 is 27.7 Å². The predicted molar refractivity (Wildman–Crippen MR) is 137 cm³/mol. The highest BCUT2D eigenvalue weighted by atomic mass is 32.2. The van der Waals surface area contributed by atoms with Gasteiger partial charge in [-0.15, -0.1) is 0 Å². The molecule has 0 spiro atoms. The van der Waals surface area contributed by atoms with E-state index in [-0.39, 0.29) is 18.1 Å². The topological polar surface area (TPSA) is 99.3 Å². The average molecular weight is 523 g/mol. The third-order valence-electron chi connectivity index (χ3n) is 5.65. The number of halogens is 1. The van der Waals surface area contributed by atoms with E-state index >= 15 is 0 Å². The van der Waals surface area contributed by atoms with E-state index in [1.807, 2.05) is 6.92 Å². The number of hydrogen-bond donors (Lipinski definition) is 1. The summed E-state index contributed by atoms with van der Waals surface area (Å²) in [6.45, 7) is 3.39. The van der Waals surface area contributed by atoms with Gasteiger partial charge in [-0.2, -0.15) is 12.7 Å². The van der Waals surface area contributed by atoms with Gasteiger partial charge in [-0.05, 0) is 43.2 Å². The number of unbranched alkanes of at least 4 members (excludes halogenated alkanes) is 1. The number of carbonyl (C=O) groups excluding carboxylic acids is 2. The molecule has 0 aliphatic carbocycles. The molecule has 0 heterocycles. The summed E-state index contributed by atoms with van der Waals surface area (Å²) in [4.78, 5) is 27.7. The van der Waals surface area contributed by atoms with Crippen molar-refractivity contribution in [1.82, 2.24) is 14.5 Å². The molecule has 2 aromatic rings. The first-order valence-corrected chi connectivity index (χ1v) is 13.1. The summed E-state index contributed by atoms with van der Waals surface area (Å²) in [5.74, 6) is -1.18. The van der Waals surface area contributed by atoms with Crippen molar-refractivity contribution in [1.29, 1.82) is 0 Å². The Morgan fingerprint density at radius 3 is 2.28 bits per heavy atom. The molecule has 1 N–H and O–H groups in total. The van der Waals surface area contributed by atoms with Crippen LogP contribution in [0.25, 0.3) is 0 Å². The van der Waals surface area contributed by atoms with Crippen LogP contribution in [0.2, 0.25) is 0 Å². The molecule has 0 aliphatic rings. The van der Waals surface area contributed by atoms with Gasteiger partial charge in [-0.3, -0.25) is 9.59 Å². The minimum absolute atomic E-state index is 0.0400. The molecule has 0 aliphatic heterocycles. The van der Waals surface area contributed by atoms with E-state index < -0.39 is 34.5 Å². The zero-order valence-corrected chi connectivity index (χ0v) is 22.2. The number of carbonyl (C=O) groups is 2. The number of methoxy groups -OCH3 is 1. The van der Waals surface area contributed by atoms with Crippen LogP contribution in [0.3, 0.4) is 0 Å². The maximum atomic E-state index is 14.6. The highest BCUT2D eigenvalue weighted by molar-refractivity contribution is 7.90. The van der Waals surface area contributed by atoms with Gasteiger partial charge >= 0.3 is 10.2 Å². The Morgan fingerprint density at radius 1 is 1.08 bits per heavy atom. The third kappa shape index (κ3) is 7.41. The molecule has 1 atom stereocenters. The second-order valence-corrected chi connectivity index (χ2v) is 10.5. The molecule has 198 valence electrons. The predicted octanol–water partition coefficient (Wildman–Crippen LogP) is 2.78. The van der Waals surface area contributed by atoms with Crippen LogP contribution in [0.1, 0.15) is 32.3 Å². The van der Waals surface area contributed by atoms with Crippen molar-refractivity contribution in [2.45, 2.75) is 39.3 Å². The van der Waals surface area contributed by atoms with Crippen molar-refractivity contribution < 1.29 is 27.1 Å². The van der Waals surface area contributed by atoms with Crippen molar-refractivity contribution in [2.75, 3.05) is 38.6 Å². The van der Waals surface area contributed by atoms with Crippen molar-refractivity contribution in [3.05, 3.63) is 59.9 Å². The minimum Gasteiger partial charge on any atom is -0.497 e. The zero-order valence-electron chi connectivity index (χ0n) is 21.4. The van der Waals surface area contributed by atoms with Crippen molar-refractivity contribution in [2.24, 2.45) is 0 Å². The number of nitrogens with zero attached hydrogens (tertiary/aromatic N) is 3. The van der Waals surface area contributed by atoms with E-state index in [1.54, 1.807) is 31.2 Å². The summed E-state index contributed by atoms with van der Waals surface area (Å²) in [6.07, 6.45) is 1.68. The van der Waals surface area contributed by atoms with Crippen LogP contribution in [0.4, 0.5) is 10.1 Å². The first-order valence-electron chi connectivity index (χ1n) is 11.7. The number of para-hydroxylation sites is 1. The fourth-order valence-electron chi connectivity index (χ4n) is 3.40. The van der Waals surface area contributed by atoms with Gasteiger partial charge in [0, 0.05) is 27.2 Å². The fraction of sp³-hybridized carbons (Fsp3) is 0.440. The molecule has 2 aromatic carbocycles. The Hall–Kier alpha value is -3.18. The summed E-state index contributed by atoms with van der Waals surface area (Å²) < 4.78 is 47.6. The summed E-state index contributed by atoms with van der Waals surface area (Å²) in [5, 5.41) is 2.81. The largest absolute Gasteiger partial charge is 0.497 e. The lowest BCUT2D eigenvalue weighted by atomic mass is 10.1. The van der Waals surface area contributed by atoms with Gasteiger partial charge in [-0.25, -0.2) is 8.70 Å². The van der Waals surface area contributed by atoms with Crippen LogP contribution in [0.15, 0.2) is 48.5 Å². The molecule has 2 rings (SSSR count). The Kier molecular flexibility index (Phi) is 10.7. The number of rotatable bonds is 13. The highest BCUT2D eigenvalue weighted by Gasteiger charge is 2.33. The standard InChI is InChI=1S/C25H35FN4O5S/c1-6-7-16-27-25(32)19(2)29(17-20-12-14-21(35-5)15-13-20)24(31)18-30(36(33,34)28(3)4)23-11-9-8-10-22(23)26/h8-15,19H,6-7,16-18H2,1-5H3,(H,27,32)/t19-/m0/s1. The summed E-state index contributed by atoms with van der Waals surface area (Å²) in [7, 11) is -0.0923. The number of hydrogen-bond acceptors (Lipinski definition) is 5. The monoisotopic (exact) mass is 522 g/mol. The molecule has 0 aromatic heterocycles. The maximum Gasteiger partial charge on any atom is 0.304 e. The van der Waals surface area contributed by atoms with E-state index in [0.717, 1.165) is 23.2 Å². The van der Waals surface area contributed by atoms with Crippen molar-refractivity contribution in [3.63, 3.8) is 0 Å². The molecule has 11 heteroatoms. The number of anilines is 1. The minimum atomic E-state index is -4.23. The summed E-state index contributed by atoms with van der Waals surface area (Å²) in [6, 6.07) is 11.4. The number of nitrogens with one attached hydrogen (secondary N) is 1. The van der Waals surface area contributed by atoms with Gasteiger partial charge in [0.1, 0.15) is 24.2 Å². The van der Waals surface area contributed by atoms with E-state index in [4.69, 9.17) is 4.74 Å². The van der Waals surface area contributed by atoms with Gasteiger partial charge in [0.15, 0.2) is 0 Å². The fourth-order valence-corrected chi connectivity index (χ4v) is 4.47. The molecular formula is C25H35FN4O5S. The molecule has 0 unspecified atom stereocenters. The van der Waals surface area contributed by atoms with Gasteiger partial charge < -0.3 is 15.0 Å². The molecule has 0 saturated heterocycles. The van der Waals surface area contributed by atoms with E-state index in [9.17, 15) is 22.4 Å². The summed E-state index contributed by atoms with van der Waals surface area (Å²) >= 11 is 0. The van der Waals surface area contributed by atoms with E-state index in [0.29, 0.717) is 22.2 Å². The van der Waals surface area contributed by atoms with Crippen LogP contribution in [0.5, 0.6) is 5.75 Å². The van der Waals surface area contributed by atoms with E-state index in [1.165, 1.54) is 44.3 Å². The molecule has 2 amide bonds. The Labute approximate surface area is 213 Å². The molecule has 9 nitrogen and oxygen atoms in total. The lowest BCUT2D eigenvalue weighted by molar-refractivity contribution is -0.139. The Morgan fingerprint density at radius 2 is 1.72 bits per heavy atom. The van der Waals surface area contributed by atoms with Gasteiger partial charge in [0.2, 0.25) is 11.8 Å². The molecule has 0 saturated carbocycles. The van der Waals surface area contributed by atoms with Gasteiger partial charge in [0.25, 0.3) is 0 Å². The molecule has 0 radical (unpaired) electrons. The Bertz CT molecular complexity index is 1130. The average Bonchev–Trinajstić information content (AvgIpc) is 2.86. The number of benzene rings is 2. The Balaban J connectivity index is 2.42. The zero-order chi connectivity index (χ0) is 26.9.